The molecule has 3 rings (SSSR count). The molecule has 8 heteroatoms. The summed E-state index contributed by atoms with van der Waals surface area (Å²) in [5.74, 6) is -0.384. The molecule has 1 saturated carbocycles. The Balaban J connectivity index is 1.70. The van der Waals surface area contributed by atoms with Gasteiger partial charge in [-0.1, -0.05) is 12.8 Å². The largest absolute Gasteiger partial charge is 0.348 e. The summed E-state index contributed by atoms with van der Waals surface area (Å²) in [4.78, 5) is 24.2. The summed E-state index contributed by atoms with van der Waals surface area (Å²) >= 11 is 0. The lowest BCUT2D eigenvalue weighted by Crippen LogP contribution is -2.45. The molecule has 1 saturated heterocycles. The summed E-state index contributed by atoms with van der Waals surface area (Å²) in [6.07, 6.45) is 5.17. The third-order valence-electron chi connectivity index (χ3n) is 4.57. The third kappa shape index (κ3) is 3.31. The van der Waals surface area contributed by atoms with E-state index < -0.39 is 15.9 Å². The summed E-state index contributed by atoms with van der Waals surface area (Å²) in [7, 11) is -3.09. The zero-order valence-electron chi connectivity index (χ0n) is 12.5. The maximum absolute atomic E-state index is 12.3. The van der Waals surface area contributed by atoms with E-state index in [0.29, 0.717) is 18.6 Å². The summed E-state index contributed by atoms with van der Waals surface area (Å²) in [6.45, 7) is 0. The van der Waals surface area contributed by atoms with Gasteiger partial charge in [-0.15, -0.1) is 0 Å². The number of nitrogens with zero attached hydrogens (tertiary/aromatic N) is 2. The van der Waals surface area contributed by atoms with Crippen LogP contribution in [0.15, 0.2) is 5.10 Å². The van der Waals surface area contributed by atoms with E-state index in [1.165, 1.54) is 5.01 Å². The molecule has 122 valence electrons. The smallest absolute Gasteiger partial charge is 0.267 e. The second kappa shape index (κ2) is 5.98. The normalized spacial score (nSPS) is 28.7. The van der Waals surface area contributed by atoms with Crippen molar-refractivity contribution in [3.8, 4) is 0 Å². The van der Waals surface area contributed by atoms with Crippen molar-refractivity contribution >= 4 is 27.4 Å². The average Bonchev–Trinajstić information content (AvgIpc) is 3.08. The molecule has 2 amide bonds. The Bertz CT molecular complexity index is 608. The lowest BCUT2D eigenvalue weighted by Gasteiger charge is -2.27. The first-order valence-electron chi connectivity index (χ1n) is 7.85. The fourth-order valence-electron chi connectivity index (χ4n) is 3.33. The number of rotatable bonds is 3. The molecule has 2 aliphatic heterocycles. The standard InChI is InChI=1S/C14H21N3O4S/c18-13-6-5-12(14(19)15-10-3-1-2-4-10)16-17(13)11-7-8-22(20,21)9-11/h10-11H,1-9H2,(H,15,19)/t11-/m0/s1. The van der Waals surface area contributed by atoms with E-state index in [0.717, 1.165) is 25.7 Å². The molecule has 0 aromatic carbocycles. The first-order valence-corrected chi connectivity index (χ1v) is 9.67. The van der Waals surface area contributed by atoms with Gasteiger partial charge in [0.05, 0.1) is 17.5 Å². The fraction of sp³-hybridized carbons (Fsp3) is 0.786. The minimum Gasteiger partial charge on any atom is -0.348 e. The fourth-order valence-corrected chi connectivity index (χ4v) is 5.02. The van der Waals surface area contributed by atoms with Crippen LogP contribution in [-0.2, 0) is 19.4 Å². The molecule has 1 aliphatic carbocycles. The number of hydrogen-bond acceptors (Lipinski definition) is 5. The number of sulfone groups is 1. The van der Waals surface area contributed by atoms with Crippen LogP contribution >= 0.6 is 0 Å². The molecule has 1 atom stereocenters. The quantitative estimate of drug-likeness (QED) is 0.801. The number of amides is 2. The molecule has 2 fully saturated rings. The first-order chi connectivity index (χ1) is 10.4. The second-order valence-electron chi connectivity index (χ2n) is 6.30. The molecule has 7 nitrogen and oxygen atoms in total. The second-order valence-corrected chi connectivity index (χ2v) is 8.53. The zero-order valence-corrected chi connectivity index (χ0v) is 13.3. The Hall–Kier alpha value is -1.44. The Kier molecular flexibility index (Phi) is 4.20. The SMILES string of the molecule is O=C(NC1CCCC1)C1=NN([C@H]2CCS(=O)(=O)C2)C(=O)CC1. The van der Waals surface area contributed by atoms with Gasteiger partial charge < -0.3 is 5.32 Å². The Morgan fingerprint density at radius 3 is 2.55 bits per heavy atom. The van der Waals surface area contributed by atoms with Gasteiger partial charge in [0, 0.05) is 18.9 Å². The van der Waals surface area contributed by atoms with E-state index in [2.05, 4.69) is 10.4 Å². The molecule has 3 aliphatic rings. The average molecular weight is 327 g/mol. The van der Waals surface area contributed by atoms with Crippen molar-refractivity contribution in [2.24, 2.45) is 5.10 Å². The van der Waals surface area contributed by atoms with Gasteiger partial charge in [-0.3, -0.25) is 9.59 Å². The Morgan fingerprint density at radius 1 is 1.18 bits per heavy atom. The topological polar surface area (TPSA) is 95.9 Å². The van der Waals surface area contributed by atoms with Gasteiger partial charge in [-0.05, 0) is 19.3 Å². The molecule has 0 unspecified atom stereocenters. The summed E-state index contributed by atoms with van der Waals surface area (Å²) in [5, 5.41) is 8.37. The van der Waals surface area contributed by atoms with Crippen LogP contribution in [0.25, 0.3) is 0 Å². The van der Waals surface area contributed by atoms with Crippen LogP contribution in [0, 0.1) is 0 Å². The van der Waals surface area contributed by atoms with E-state index in [1.807, 2.05) is 0 Å². The Labute approximate surface area is 130 Å². The molecule has 0 radical (unpaired) electrons. The van der Waals surface area contributed by atoms with Crippen LogP contribution in [0.1, 0.15) is 44.9 Å². The molecule has 0 spiro atoms. The summed E-state index contributed by atoms with van der Waals surface area (Å²) < 4.78 is 23.1. The van der Waals surface area contributed by atoms with Crippen molar-refractivity contribution in [1.82, 2.24) is 10.3 Å². The number of carbonyl (C=O) groups excluding carboxylic acids is 2. The monoisotopic (exact) mass is 327 g/mol. The lowest BCUT2D eigenvalue weighted by molar-refractivity contribution is -0.133. The van der Waals surface area contributed by atoms with Crippen LogP contribution < -0.4 is 5.32 Å². The van der Waals surface area contributed by atoms with E-state index in [9.17, 15) is 18.0 Å². The van der Waals surface area contributed by atoms with E-state index in [4.69, 9.17) is 0 Å². The highest BCUT2D eigenvalue weighted by molar-refractivity contribution is 7.91. The molecular formula is C14H21N3O4S. The van der Waals surface area contributed by atoms with Crippen LogP contribution in [0.3, 0.4) is 0 Å². The maximum Gasteiger partial charge on any atom is 0.267 e. The van der Waals surface area contributed by atoms with E-state index in [-0.39, 0.29) is 35.8 Å². The molecule has 0 aromatic heterocycles. The van der Waals surface area contributed by atoms with Gasteiger partial charge in [0.1, 0.15) is 5.71 Å². The molecule has 1 N–H and O–H groups in total. The predicted molar refractivity (Wildman–Crippen MR) is 81.0 cm³/mol. The molecule has 2 heterocycles. The minimum absolute atomic E-state index is 0.0558. The minimum atomic E-state index is -3.09. The van der Waals surface area contributed by atoms with Gasteiger partial charge in [0.15, 0.2) is 9.84 Å². The van der Waals surface area contributed by atoms with Crippen LogP contribution in [0.4, 0.5) is 0 Å². The third-order valence-corrected chi connectivity index (χ3v) is 6.32. The van der Waals surface area contributed by atoms with Crippen LogP contribution in [0.5, 0.6) is 0 Å². The highest BCUT2D eigenvalue weighted by Crippen LogP contribution is 2.23. The zero-order chi connectivity index (χ0) is 15.7. The summed E-state index contributed by atoms with van der Waals surface area (Å²) in [5.41, 5.74) is 0.343. The molecule has 22 heavy (non-hydrogen) atoms. The first kappa shape index (κ1) is 15.5. The van der Waals surface area contributed by atoms with Gasteiger partial charge in [-0.2, -0.15) is 5.10 Å². The van der Waals surface area contributed by atoms with Gasteiger partial charge in [0.2, 0.25) is 5.91 Å². The van der Waals surface area contributed by atoms with Gasteiger partial charge in [0.25, 0.3) is 5.91 Å². The van der Waals surface area contributed by atoms with Gasteiger partial charge in [-0.25, -0.2) is 13.4 Å². The maximum atomic E-state index is 12.3. The lowest BCUT2D eigenvalue weighted by atomic mass is 10.1. The van der Waals surface area contributed by atoms with Gasteiger partial charge >= 0.3 is 0 Å². The van der Waals surface area contributed by atoms with Crippen LogP contribution in [-0.4, -0.2) is 54.5 Å². The van der Waals surface area contributed by atoms with E-state index >= 15 is 0 Å². The highest BCUT2D eigenvalue weighted by Gasteiger charge is 2.37. The van der Waals surface area contributed by atoms with Crippen LogP contribution in [0.2, 0.25) is 0 Å². The Morgan fingerprint density at radius 2 is 1.91 bits per heavy atom. The number of hydrogen-bond donors (Lipinski definition) is 1. The highest BCUT2D eigenvalue weighted by atomic mass is 32.2. The van der Waals surface area contributed by atoms with Crippen molar-refractivity contribution in [3.05, 3.63) is 0 Å². The number of nitrogens with one attached hydrogen (secondary N) is 1. The molecule has 0 bridgehead atoms. The number of carbonyl (C=O) groups is 2. The van der Waals surface area contributed by atoms with Crippen molar-refractivity contribution in [2.75, 3.05) is 11.5 Å². The van der Waals surface area contributed by atoms with Crippen molar-refractivity contribution < 1.29 is 18.0 Å². The molecular weight excluding hydrogens is 306 g/mol. The van der Waals surface area contributed by atoms with Crippen molar-refractivity contribution in [1.29, 1.82) is 0 Å². The van der Waals surface area contributed by atoms with E-state index in [1.54, 1.807) is 0 Å². The van der Waals surface area contributed by atoms with Crippen molar-refractivity contribution in [3.63, 3.8) is 0 Å². The predicted octanol–water partition coefficient (Wildman–Crippen LogP) is 0.211. The number of hydrazone groups is 1. The van der Waals surface area contributed by atoms with Crippen molar-refractivity contribution in [2.45, 2.75) is 57.0 Å². The summed E-state index contributed by atoms with van der Waals surface area (Å²) in [6, 6.07) is -0.222. The molecule has 0 aromatic rings.